The minimum atomic E-state index is -0.575. The van der Waals surface area contributed by atoms with Gasteiger partial charge in [-0.2, -0.15) is 0 Å². The van der Waals surface area contributed by atoms with Crippen molar-refractivity contribution >= 4 is 12.1 Å². The molecule has 0 aliphatic heterocycles. The van der Waals surface area contributed by atoms with E-state index in [0.29, 0.717) is 11.8 Å². The Labute approximate surface area is 126 Å². The Morgan fingerprint density at radius 2 is 1.73 bits per heavy atom. The van der Waals surface area contributed by atoms with Gasteiger partial charge in [-0.3, -0.25) is 9.59 Å². The molecular formula is C18H11FO3. The molecule has 2 aromatic carbocycles. The van der Waals surface area contributed by atoms with Gasteiger partial charge in [-0.15, -0.1) is 0 Å². The van der Waals surface area contributed by atoms with Gasteiger partial charge in [0.1, 0.15) is 11.6 Å². The molecule has 3 aromatic rings. The lowest BCUT2D eigenvalue weighted by atomic mass is 9.96. The van der Waals surface area contributed by atoms with Gasteiger partial charge < -0.3 is 4.42 Å². The van der Waals surface area contributed by atoms with E-state index in [1.807, 2.05) is 0 Å². The Hall–Kier alpha value is -3.01. The summed E-state index contributed by atoms with van der Waals surface area (Å²) in [5.41, 5.74) is 0.707. The zero-order chi connectivity index (χ0) is 15.5. The molecule has 108 valence electrons. The van der Waals surface area contributed by atoms with Crippen LogP contribution in [0.25, 0.3) is 11.3 Å². The predicted molar refractivity (Wildman–Crippen MR) is 79.4 cm³/mol. The summed E-state index contributed by atoms with van der Waals surface area (Å²) in [5, 5.41) is 0. The summed E-state index contributed by atoms with van der Waals surface area (Å²) in [4.78, 5) is 23.3. The van der Waals surface area contributed by atoms with Crippen LogP contribution >= 0.6 is 0 Å². The zero-order valence-electron chi connectivity index (χ0n) is 11.5. The first kappa shape index (κ1) is 13.9. The van der Waals surface area contributed by atoms with Crippen molar-refractivity contribution in [3.63, 3.8) is 0 Å². The normalized spacial score (nSPS) is 10.4. The highest BCUT2D eigenvalue weighted by Gasteiger charge is 2.20. The zero-order valence-corrected chi connectivity index (χ0v) is 11.5. The van der Waals surface area contributed by atoms with E-state index >= 15 is 0 Å². The number of carbonyl (C=O) groups is 2. The van der Waals surface area contributed by atoms with Crippen LogP contribution in [0.4, 0.5) is 4.39 Å². The molecule has 3 rings (SSSR count). The summed E-state index contributed by atoms with van der Waals surface area (Å²) >= 11 is 0. The van der Waals surface area contributed by atoms with Crippen LogP contribution in [0.3, 0.4) is 0 Å². The highest BCUT2D eigenvalue weighted by atomic mass is 19.1. The van der Waals surface area contributed by atoms with Gasteiger partial charge in [0.15, 0.2) is 17.8 Å². The summed E-state index contributed by atoms with van der Waals surface area (Å²) in [6, 6.07) is 15.8. The molecule has 0 saturated carbocycles. The third kappa shape index (κ3) is 2.46. The second-order valence-electron chi connectivity index (χ2n) is 4.68. The molecule has 0 aliphatic rings. The molecule has 0 amide bonds. The first-order chi connectivity index (χ1) is 10.7. The molecule has 0 bridgehead atoms. The van der Waals surface area contributed by atoms with Gasteiger partial charge in [-0.25, -0.2) is 4.39 Å². The molecule has 0 unspecified atom stereocenters. The van der Waals surface area contributed by atoms with Crippen molar-refractivity contribution in [2.45, 2.75) is 0 Å². The van der Waals surface area contributed by atoms with Crippen molar-refractivity contribution in [1.82, 2.24) is 0 Å². The minimum Gasteiger partial charge on any atom is -0.453 e. The SMILES string of the molecule is O=Cc1ccc(-c2c(F)cccc2C(=O)c2ccccc2)o1. The number of benzene rings is 2. The van der Waals surface area contributed by atoms with Crippen LogP contribution in [0.2, 0.25) is 0 Å². The third-order valence-corrected chi connectivity index (χ3v) is 3.28. The Morgan fingerprint density at radius 3 is 2.41 bits per heavy atom. The summed E-state index contributed by atoms with van der Waals surface area (Å²) in [6.45, 7) is 0. The molecule has 0 N–H and O–H groups in total. The molecule has 1 aromatic heterocycles. The van der Waals surface area contributed by atoms with E-state index in [9.17, 15) is 14.0 Å². The average molecular weight is 294 g/mol. The summed E-state index contributed by atoms with van der Waals surface area (Å²) < 4.78 is 19.5. The topological polar surface area (TPSA) is 47.3 Å². The van der Waals surface area contributed by atoms with Crippen molar-refractivity contribution in [1.29, 1.82) is 0 Å². The Bertz CT molecular complexity index is 835. The van der Waals surface area contributed by atoms with E-state index < -0.39 is 5.82 Å². The van der Waals surface area contributed by atoms with Gasteiger partial charge in [0.05, 0.1) is 5.56 Å². The molecule has 1 heterocycles. The number of carbonyl (C=O) groups excluding carboxylic acids is 2. The number of hydrogen-bond acceptors (Lipinski definition) is 3. The van der Waals surface area contributed by atoms with Gasteiger partial charge in [0, 0.05) is 11.1 Å². The number of ketones is 1. The van der Waals surface area contributed by atoms with Crippen molar-refractivity contribution in [3.8, 4) is 11.3 Å². The molecule has 0 aliphatic carbocycles. The van der Waals surface area contributed by atoms with Crippen LogP contribution in [0.1, 0.15) is 26.5 Å². The Morgan fingerprint density at radius 1 is 0.955 bits per heavy atom. The standard InChI is InChI=1S/C18H11FO3/c19-15-8-4-7-14(18(21)12-5-2-1-3-6-12)17(15)16-10-9-13(11-20)22-16/h1-11H. The lowest BCUT2D eigenvalue weighted by molar-refractivity contribution is 0.103. The Balaban J connectivity index is 2.15. The number of hydrogen-bond donors (Lipinski definition) is 0. The first-order valence-corrected chi connectivity index (χ1v) is 6.64. The van der Waals surface area contributed by atoms with Gasteiger partial charge in [-0.1, -0.05) is 42.5 Å². The summed E-state index contributed by atoms with van der Waals surface area (Å²) in [6.07, 6.45) is 0.531. The van der Waals surface area contributed by atoms with Crippen LogP contribution in [0.5, 0.6) is 0 Å². The number of halogens is 1. The quantitative estimate of drug-likeness (QED) is 0.537. The molecule has 22 heavy (non-hydrogen) atoms. The van der Waals surface area contributed by atoms with Crippen LogP contribution in [-0.4, -0.2) is 12.1 Å². The fraction of sp³-hybridized carbons (Fsp3) is 0. The number of aldehydes is 1. The lowest BCUT2D eigenvalue weighted by Gasteiger charge is -2.08. The van der Waals surface area contributed by atoms with Gasteiger partial charge in [-0.05, 0) is 18.2 Å². The molecule has 4 heteroatoms. The molecule has 3 nitrogen and oxygen atoms in total. The smallest absolute Gasteiger partial charge is 0.193 e. The van der Waals surface area contributed by atoms with E-state index in [-0.39, 0.29) is 28.4 Å². The van der Waals surface area contributed by atoms with E-state index in [1.165, 1.54) is 30.3 Å². The maximum atomic E-state index is 14.2. The highest BCUT2D eigenvalue weighted by Crippen LogP contribution is 2.30. The molecule has 0 atom stereocenters. The number of rotatable bonds is 4. The third-order valence-electron chi connectivity index (χ3n) is 3.28. The van der Waals surface area contributed by atoms with Crippen LogP contribution < -0.4 is 0 Å². The van der Waals surface area contributed by atoms with Crippen molar-refractivity contribution in [3.05, 3.63) is 83.4 Å². The van der Waals surface area contributed by atoms with Gasteiger partial charge in [0.2, 0.25) is 0 Å². The van der Waals surface area contributed by atoms with Crippen molar-refractivity contribution < 1.29 is 18.4 Å². The van der Waals surface area contributed by atoms with Crippen molar-refractivity contribution in [2.75, 3.05) is 0 Å². The predicted octanol–water partition coefficient (Wildman–Crippen LogP) is 4.13. The lowest BCUT2D eigenvalue weighted by Crippen LogP contribution is -2.04. The van der Waals surface area contributed by atoms with E-state index in [4.69, 9.17) is 4.42 Å². The maximum absolute atomic E-state index is 14.2. The summed E-state index contributed by atoms with van der Waals surface area (Å²) in [7, 11) is 0. The first-order valence-electron chi connectivity index (χ1n) is 6.64. The van der Waals surface area contributed by atoms with Gasteiger partial charge in [0.25, 0.3) is 0 Å². The Kier molecular flexibility index (Phi) is 3.66. The maximum Gasteiger partial charge on any atom is 0.193 e. The summed E-state index contributed by atoms with van der Waals surface area (Å²) in [5.74, 6) is -0.649. The monoisotopic (exact) mass is 294 g/mol. The van der Waals surface area contributed by atoms with E-state index in [1.54, 1.807) is 30.3 Å². The second-order valence-corrected chi connectivity index (χ2v) is 4.68. The molecule has 0 spiro atoms. The molecule has 0 radical (unpaired) electrons. The average Bonchev–Trinajstić information content (AvgIpc) is 3.03. The fourth-order valence-corrected chi connectivity index (χ4v) is 2.26. The van der Waals surface area contributed by atoms with Crippen molar-refractivity contribution in [2.24, 2.45) is 0 Å². The minimum absolute atomic E-state index is 0.0597. The van der Waals surface area contributed by atoms with Crippen LogP contribution in [0, 0.1) is 5.82 Å². The van der Waals surface area contributed by atoms with Crippen LogP contribution in [-0.2, 0) is 0 Å². The highest BCUT2D eigenvalue weighted by molar-refractivity contribution is 6.12. The van der Waals surface area contributed by atoms with E-state index in [2.05, 4.69) is 0 Å². The van der Waals surface area contributed by atoms with E-state index in [0.717, 1.165) is 0 Å². The number of furan rings is 1. The van der Waals surface area contributed by atoms with Crippen LogP contribution in [0.15, 0.2) is 65.1 Å². The largest absolute Gasteiger partial charge is 0.453 e. The molecular weight excluding hydrogens is 283 g/mol. The second kappa shape index (κ2) is 5.77. The van der Waals surface area contributed by atoms with Gasteiger partial charge >= 0.3 is 0 Å². The molecule has 0 saturated heterocycles. The molecule has 0 fully saturated rings. The fourth-order valence-electron chi connectivity index (χ4n) is 2.26.